The fourth-order valence-corrected chi connectivity index (χ4v) is 4.38. The van der Waals surface area contributed by atoms with E-state index in [0.717, 1.165) is 0 Å². The van der Waals surface area contributed by atoms with Crippen molar-refractivity contribution in [2.75, 3.05) is 19.6 Å². The maximum atomic E-state index is 13.0. The molecule has 2 saturated heterocycles. The number of hydrogen-bond donors (Lipinski definition) is 1. The third-order valence-corrected chi connectivity index (χ3v) is 6.51. The lowest BCUT2D eigenvalue weighted by molar-refractivity contribution is -0.143. The molecule has 1 aromatic carbocycles. The molecule has 2 aliphatic rings. The minimum absolute atomic E-state index is 0.0164. The van der Waals surface area contributed by atoms with Crippen LogP contribution in [0.15, 0.2) is 18.2 Å². The SMILES string of the molecule is CCC1(C(=O)N2CCC(CNC(=O)c3cc(C(F)(F)F)cc(C(F)(F)F)c3)CC2)OC1(C)C. The first-order valence-corrected chi connectivity index (χ1v) is 10.7. The first-order valence-electron chi connectivity index (χ1n) is 10.7. The van der Waals surface area contributed by atoms with Crippen LogP contribution in [0.25, 0.3) is 0 Å². The fourth-order valence-electron chi connectivity index (χ4n) is 4.38. The minimum Gasteiger partial charge on any atom is -0.353 e. The van der Waals surface area contributed by atoms with Crippen LogP contribution in [0.5, 0.6) is 0 Å². The highest BCUT2D eigenvalue weighted by molar-refractivity contribution is 5.94. The highest BCUT2D eigenvalue weighted by Gasteiger charge is 2.68. The number of carbonyl (C=O) groups is 2. The molecule has 2 fully saturated rings. The van der Waals surface area contributed by atoms with Gasteiger partial charge in [0.15, 0.2) is 5.60 Å². The van der Waals surface area contributed by atoms with E-state index in [1.807, 2.05) is 20.8 Å². The normalized spacial score (nSPS) is 23.4. The number of piperidine rings is 1. The van der Waals surface area contributed by atoms with Crippen molar-refractivity contribution >= 4 is 11.8 Å². The second-order valence-electron chi connectivity index (χ2n) is 9.03. The molecule has 1 aromatic rings. The monoisotopic (exact) mass is 480 g/mol. The lowest BCUT2D eigenvalue weighted by atomic mass is 9.89. The molecule has 33 heavy (non-hydrogen) atoms. The first kappa shape index (κ1) is 25.3. The predicted molar refractivity (Wildman–Crippen MR) is 106 cm³/mol. The average molecular weight is 480 g/mol. The number of carbonyl (C=O) groups excluding carboxylic acids is 2. The van der Waals surface area contributed by atoms with Crippen molar-refractivity contribution in [1.29, 1.82) is 0 Å². The van der Waals surface area contributed by atoms with Gasteiger partial charge in [-0.1, -0.05) is 6.92 Å². The van der Waals surface area contributed by atoms with Crippen LogP contribution in [0, 0.1) is 5.92 Å². The maximum absolute atomic E-state index is 13.0. The number of ether oxygens (including phenoxy) is 1. The first-order chi connectivity index (χ1) is 15.1. The highest BCUT2D eigenvalue weighted by Crippen LogP contribution is 2.51. The van der Waals surface area contributed by atoms with Gasteiger partial charge in [0.05, 0.1) is 11.1 Å². The zero-order valence-electron chi connectivity index (χ0n) is 18.5. The van der Waals surface area contributed by atoms with E-state index in [9.17, 15) is 35.9 Å². The molecule has 3 rings (SSSR count). The van der Waals surface area contributed by atoms with Gasteiger partial charge in [0.25, 0.3) is 11.8 Å². The summed E-state index contributed by atoms with van der Waals surface area (Å²) in [5, 5.41) is 2.44. The highest BCUT2D eigenvalue weighted by atomic mass is 19.4. The van der Waals surface area contributed by atoms with Gasteiger partial charge >= 0.3 is 12.4 Å². The smallest absolute Gasteiger partial charge is 0.353 e. The van der Waals surface area contributed by atoms with Gasteiger partial charge in [-0.3, -0.25) is 9.59 Å². The molecule has 5 nitrogen and oxygen atoms in total. The van der Waals surface area contributed by atoms with Gasteiger partial charge in [0, 0.05) is 25.2 Å². The average Bonchev–Trinajstić information content (AvgIpc) is 3.32. The molecule has 0 radical (unpaired) electrons. The lowest BCUT2D eigenvalue weighted by Crippen LogP contribution is -2.48. The van der Waals surface area contributed by atoms with Crippen molar-refractivity contribution in [3.05, 3.63) is 34.9 Å². The largest absolute Gasteiger partial charge is 0.416 e. The molecule has 1 N–H and O–H groups in total. The molecule has 2 amide bonds. The van der Waals surface area contributed by atoms with Gasteiger partial charge in [0.2, 0.25) is 0 Å². The van der Waals surface area contributed by atoms with Crippen molar-refractivity contribution in [2.45, 2.75) is 63.6 Å². The molecule has 0 bridgehead atoms. The Kier molecular flexibility index (Phi) is 6.51. The van der Waals surface area contributed by atoms with E-state index in [1.54, 1.807) is 4.90 Å². The summed E-state index contributed by atoms with van der Waals surface area (Å²) >= 11 is 0. The molecular formula is C22H26F6N2O3. The van der Waals surface area contributed by atoms with Crippen LogP contribution in [-0.4, -0.2) is 47.6 Å². The van der Waals surface area contributed by atoms with Gasteiger partial charge in [-0.2, -0.15) is 26.3 Å². The lowest BCUT2D eigenvalue weighted by Gasteiger charge is -2.34. The molecule has 0 saturated carbocycles. The second kappa shape index (κ2) is 8.48. The molecule has 0 aromatic heterocycles. The van der Waals surface area contributed by atoms with E-state index in [-0.39, 0.29) is 24.4 Å². The Balaban J connectivity index is 1.60. The van der Waals surface area contributed by atoms with Gasteiger partial charge in [0.1, 0.15) is 5.60 Å². The van der Waals surface area contributed by atoms with E-state index in [0.29, 0.717) is 44.5 Å². The minimum atomic E-state index is -5.02. The number of epoxide rings is 1. The number of hydrogen-bond acceptors (Lipinski definition) is 3. The Morgan fingerprint density at radius 1 is 1.03 bits per heavy atom. The van der Waals surface area contributed by atoms with Gasteiger partial charge in [-0.15, -0.1) is 0 Å². The van der Waals surface area contributed by atoms with Crippen molar-refractivity contribution in [3.8, 4) is 0 Å². The van der Waals surface area contributed by atoms with Crippen LogP contribution in [-0.2, 0) is 21.9 Å². The van der Waals surface area contributed by atoms with E-state index >= 15 is 0 Å². The molecule has 2 aliphatic heterocycles. The topological polar surface area (TPSA) is 61.9 Å². The van der Waals surface area contributed by atoms with Gasteiger partial charge < -0.3 is 15.0 Å². The third kappa shape index (κ3) is 5.12. The Morgan fingerprint density at radius 3 is 1.91 bits per heavy atom. The molecule has 1 unspecified atom stereocenters. The number of rotatable bonds is 5. The summed E-state index contributed by atoms with van der Waals surface area (Å²) in [6, 6.07) is 0.804. The van der Waals surface area contributed by atoms with E-state index in [2.05, 4.69) is 5.32 Å². The van der Waals surface area contributed by atoms with Crippen molar-refractivity contribution in [1.82, 2.24) is 10.2 Å². The summed E-state index contributed by atoms with van der Waals surface area (Å²) in [5.41, 5.74) is -5.13. The second-order valence-corrected chi connectivity index (χ2v) is 9.03. The number of benzene rings is 1. The number of likely N-dealkylation sites (tertiary alicyclic amines) is 1. The third-order valence-electron chi connectivity index (χ3n) is 6.51. The van der Waals surface area contributed by atoms with Crippen LogP contribution in [0.1, 0.15) is 61.5 Å². The summed E-state index contributed by atoms with van der Waals surface area (Å²) in [6.45, 7) is 6.54. The predicted octanol–water partition coefficient (Wildman–Crippen LogP) is 4.65. The Bertz CT molecular complexity index is 887. The van der Waals surface area contributed by atoms with E-state index < -0.39 is 46.2 Å². The number of nitrogens with zero attached hydrogens (tertiary/aromatic N) is 1. The number of nitrogens with one attached hydrogen (secondary N) is 1. The van der Waals surface area contributed by atoms with Crippen LogP contribution in [0.3, 0.4) is 0 Å². The summed E-state index contributed by atoms with van der Waals surface area (Å²) in [7, 11) is 0. The molecule has 184 valence electrons. The van der Waals surface area contributed by atoms with Crippen LogP contribution < -0.4 is 5.32 Å². The number of amides is 2. The van der Waals surface area contributed by atoms with Gasteiger partial charge in [-0.05, 0) is 57.2 Å². The van der Waals surface area contributed by atoms with E-state index in [4.69, 9.17) is 4.74 Å². The zero-order valence-corrected chi connectivity index (χ0v) is 18.5. The molecule has 0 spiro atoms. The van der Waals surface area contributed by atoms with Crippen LogP contribution in [0.2, 0.25) is 0 Å². The zero-order chi connectivity index (χ0) is 24.8. The van der Waals surface area contributed by atoms with Crippen molar-refractivity contribution in [3.63, 3.8) is 0 Å². The molecule has 1 atom stereocenters. The van der Waals surface area contributed by atoms with E-state index in [1.165, 1.54) is 0 Å². The molecule has 11 heteroatoms. The summed E-state index contributed by atoms with van der Waals surface area (Å²) in [5.74, 6) is -1.15. The maximum Gasteiger partial charge on any atom is 0.416 e. The van der Waals surface area contributed by atoms with Gasteiger partial charge in [-0.25, -0.2) is 0 Å². The Labute approximate surface area is 187 Å². The van der Waals surface area contributed by atoms with Crippen LogP contribution in [0.4, 0.5) is 26.3 Å². The molecular weight excluding hydrogens is 454 g/mol. The Morgan fingerprint density at radius 2 is 1.52 bits per heavy atom. The Hall–Kier alpha value is -2.30. The summed E-state index contributed by atoms with van der Waals surface area (Å²) in [6.07, 6.45) is -8.41. The fraction of sp³-hybridized carbons (Fsp3) is 0.636. The summed E-state index contributed by atoms with van der Waals surface area (Å²) in [4.78, 5) is 26.9. The van der Waals surface area contributed by atoms with Crippen LogP contribution >= 0.6 is 0 Å². The number of halogens is 6. The molecule has 2 heterocycles. The van der Waals surface area contributed by atoms with Crippen molar-refractivity contribution < 1.29 is 40.7 Å². The quantitative estimate of drug-likeness (QED) is 0.493. The standard InChI is InChI=1S/C22H26F6N2O3/c1-4-20(19(2,3)33-20)18(32)30-7-5-13(6-8-30)12-29-17(31)14-9-15(21(23,24)25)11-16(10-14)22(26,27)28/h9-11,13H,4-8,12H2,1-3H3,(H,29,31). The van der Waals surface area contributed by atoms with Crippen molar-refractivity contribution in [2.24, 2.45) is 5.92 Å². The number of alkyl halides is 6. The summed E-state index contributed by atoms with van der Waals surface area (Å²) < 4.78 is 83.7. The molecule has 0 aliphatic carbocycles.